The van der Waals surface area contributed by atoms with E-state index in [2.05, 4.69) is 11.9 Å². The molecule has 1 aliphatic heterocycles. The highest BCUT2D eigenvalue weighted by Gasteiger charge is 2.27. The summed E-state index contributed by atoms with van der Waals surface area (Å²) in [5.74, 6) is 0.147. The summed E-state index contributed by atoms with van der Waals surface area (Å²) >= 11 is 1.47. The number of ether oxygens (including phenoxy) is 1. The molecule has 0 bridgehead atoms. The summed E-state index contributed by atoms with van der Waals surface area (Å²) in [6.45, 7) is 2.09. The lowest BCUT2D eigenvalue weighted by Crippen LogP contribution is -2.28. The van der Waals surface area contributed by atoms with E-state index < -0.39 is 11.7 Å². The van der Waals surface area contributed by atoms with E-state index in [0.29, 0.717) is 12.2 Å². The SMILES string of the molecule is CCCCCCCC(=O)O.Nc1ccn([C@@H]2CS[C@H](CO)O2)c(=O)n1. The van der Waals surface area contributed by atoms with Gasteiger partial charge in [-0.25, -0.2) is 4.79 Å². The molecule has 1 aliphatic rings. The first kappa shape index (κ1) is 21.5. The number of hydrogen-bond acceptors (Lipinski definition) is 7. The topological polar surface area (TPSA) is 128 Å². The molecule has 4 N–H and O–H groups in total. The predicted molar refractivity (Wildman–Crippen MR) is 97.4 cm³/mol. The van der Waals surface area contributed by atoms with Crippen LogP contribution in [0, 0.1) is 0 Å². The third kappa shape index (κ3) is 8.37. The fraction of sp³-hybridized carbons (Fsp3) is 0.688. The van der Waals surface area contributed by atoms with Crippen LogP contribution in [-0.2, 0) is 9.53 Å². The van der Waals surface area contributed by atoms with E-state index >= 15 is 0 Å². The van der Waals surface area contributed by atoms with Gasteiger partial charge >= 0.3 is 11.7 Å². The monoisotopic (exact) mass is 373 g/mol. The van der Waals surface area contributed by atoms with Crippen LogP contribution in [0.25, 0.3) is 0 Å². The molecular formula is C16H27N3O5S. The molecule has 25 heavy (non-hydrogen) atoms. The molecule has 2 atom stereocenters. The van der Waals surface area contributed by atoms with Crippen molar-refractivity contribution in [3.05, 3.63) is 22.7 Å². The highest BCUT2D eigenvalue weighted by molar-refractivity contribution is 8.00. The number of aliphatic hydroxyl groups excluding tert-OH is 1. The number of nitrogen functional groups attached to an aromatic ring is 1. The average molecular weight is 373 g/mol. The third-order valence-corrected chi connectivity index (χ3v) is 4.65. The van der Waals surface area contributed by atoms with Gasteiger partial charge in [0.25, 0.3) is 0 Å². The molecule has 0 aliphatic carbocycles. The van der Waals surface area contributed by atoms with Crippen molar-refractivity contribution in [1.82, 2.24) is 9.55 Å². The maximum absolute atomic E-state index is 11.4. The lowest BCUT2D eigenvalue weighted by molar-refractivity contribution is -0.137. The molecular weight excluding hydrogens is 346 g/mol. The fourth-order valence-corrected chi connectivity index (χ4v) is 3.14. The summed E-state index contributed by atoms with van der Waals surface area (Å²) in [5.41, 5.74) is 4.67. The molecule has 1 saturated heterocycles. The number of aliphatic carboxylic acids is 1. The summed E-state index contributed by atoms with van der Waals surface area (Å²) in [6.07, 6.45) is 7.07. The number of carboxylic acids is 1. The Bertz CT molecular complexity index is 581. The molecule has 0 saturated carbocycles. The maximum atomic E-state index is 11.4. The number of rotatable bonds is 8. The minimum atomic E-state index is -0.670. The number of hydrogen-bond donors (Lipinski definition) is 3. The maximum Gasteiger partial charge on any atom is 0.351 e. The van der Waals surface area contributed by atoms with Gasteiger partial charge in [-0.2, -0.15) is 4.98 Å². The molecule has 1 aromatic rings. The number of thioether (sulfide) groups is 1. The Morgan fingerprint density at radius 2 is 2.16 bits per heavy atom. The molecule has 0 amide bonds. The molecule has 8 nitrogen and oxygen atoms in total. The van der Waals surface area contributed by atoms with Gasteiger partial charge in [0.15, 0.2) is 0 Å². The number of nitrogens with two attached hydrogens (primary N) is 1. The second kappa shape index (κ2) is 11.9. The van der Waals surface area contributed by atoms with Crippen LogP contribution >= 0.6 is 11.8 Å². The van der Waals surface area contributed by atoms with E-state index in [-0.39, 0.29) is 24.1 Å². The minimum absolute atomic E-state index is 0.0572. The Hall–Kier alpha value is -1.58. The molecule has 142 valence electrons. The van der Waals surface area contributed by atoms with Gasteiger partial charge in [-0.1, -0.05) is 32.6 Å². The number of anilines is 1. The first-order valence-electron chi connectivity index (χ1n) is 8.42. The molecule has 2 heterocycles. The molecule has 9 heteroatoms. The normalized spacial score (nSPS) is 19.3. The summed E-state index contributed by atoms with van der Waals surface area (Å²) in [6, 6.07) is 1.54. The highest BCUT2D eigenvalue weighted by atomic mass is 32.2. The predicted octanol–water partition coefficient (Wildman–Crippen LogP) is 1.84. The van der Waals surface area contributed by atoms with Gasteiger partial charge in [-0.3, -0.25) is 9.36 Å². The van der Waals surface area contributed by atoms with E-state index in [9.17, 15) is 9.59 Å². The second-order valence-electron chi connectivity index (χ2n) is 5.64. The number of aliphatic hydroxyl groups is 1. The first-order valence-corrected chi connectivity index (χ1v) is 9.47. The van der Waals surface area contributed by atoms with Crippen LogP contribution in [0.1, 0.15) is 51.7 Å². The van der Waals surface area contributed by atoms with Gasteiger partial charge in [-0.15, -0.1) is 11.8 Å². The fourth-order valence-electron chi connectivity index (χ4n) is 2.21. The van der Waals surface area contributed by atoms with E-state index in [0.717, 1.165) is 12.8 Å². The van der Waals surface area contributed by atoms with Crippen molar-refractivity contribution in [1.29, 1.82) is 0 Å². The quantitative estimate of drug-likeness (QED) is 0.589. The average Bonchev–Trinajstić information content (AvgIpc) is 3.04. The van der Waals surface area contributed by atoms with Crippen molar-refractivity contribution in [3.63, 3.8) is 0 Å². The standard InChI is InChI=1S/C8H11N3O3S.C8H16O2/c9-5-1-2-11(8(13)10-5)6-4-15-7(3-12)14-6;1-2-3-4-5-6-7-8(9)10/h1-2,6-7,12H,3-4H2,(H2,9,10,13);2-7H2,1H3,(H,9,10)/t6-,7+;/m0./s1. The van der Waals surface area contributed by atoms with E-state index in [1.54, 1.807) is 12.3 Å². The van der Waals surface area contributed by atoms with E-state index in [1.807, 2.05) is 0 Å². The lowest BCUT2D eigenvalue weighted by atomic mass is 10.1. The molecule has 1 fully saturated rings. The zero-order chi connectivity index (χ0) is 18.7. The summed E-state index contributed by atoms with van der Waals surface area (Å²) in [5, 5.41) is 17.1. The van der Waals surface area contributed by atoms with Crippen LogP contribution in [-0.4, -0.2) is 43.5 Å². The Kier molecular flexibility index (Phi) is 10.2. The van der Waals surface area contributed by atoms with Crippen molar-refractivity contribution in [3.8, 4) is 0 Å². The van der Waals surface area contributed by atoms with Crippen LogP contribution in [0.4, 0.5) is 5.82 Å². The summed E-state index contributed by atoms with van der Waals surface area (Å²) in [7, 11) is 0. The molecule has 0 spiro atoms. The Labute approximate surface area is 151 Å². The zero-order valence-corrected chi connectivity index (χ0v) is 15.3. The number of carbonyl (C=O) groups is 1. The van der Waals surface area contributed by atoms with Crippen molar-refractivity contribution in [2.45, 2.75) is 57.1 Å². The highest BCUT2D eigenvalue weighted by Crippen LogP contribution is 2.30. The van der Waals surface area contributed by atoms with Gasteiger partial charge < -0.3 is 20.7 Å². The molecule has 2 rings (SSSR count). The van der Waals surface area contributed by atoms with Crippen molar-refractivity contribution in [2.75, 3.05) is 18.1 Å². The van der Waals surface area contributed by atoms with Crippen molar-refractivity contribution >= 4 is 23.5 Å². The van der Waals surface area contributed by atoms with Crippen LogP contribution in [0.3, 0.4) is 0 Å². The Morgan fingerprint density at radius 1 is 1.44 bits per heavy atom. The molecule has 0 aromatic carbocycles. The largest absolute Gasteiger partial charge is 0.481 e. The second-order valence-corrected chi connectivity index (χ2v) is 6.83. The smallest absolute Gasteiger partial charge is 0.351 e. The van der Waals surface area contributed by atoms with E-state index in [4.69, 9.17) is 20.7 Å². The number of nitrogens with zero attached hydrogens (tertiary/aromatic N) is 2. The van der Waals surface area contributed by atoms with Gasteiger partial charge in [0, 0.05) is 18.4 Å². The third-order valence-electron chi connectivity index (χ3n) is 3.54. The Morgan fingerprint density at radius 3 is 2.72 bits per heavy atom. The molecule has 0 unspecified atom stereocenters. The van der Waals surface area contributed by atoms with Crippen molar-refractivity contribution in [2.24, 2.45) is 0 Å². The molecule has 0 radical (unpaired) electrons. The lowest BCUT2D eigenvalue weighted by Gasteiger charge is -2.13. The van der Waals surface area contributed by atoms with Gasteiger partial charge in [0.05, 0.1) is 6.61 Å². The van der Waals surface area contributed by atoms with Gasteiger partial charge in [-0.05, 0) is 12.5 Å². The summed E-state index contributed by atoms with van der Waals surface area (Å²) in [4.78, 5) is 25.1. The number of carboxylic acid groups (broad SMARTS) is 1. The van der Waals surface area contributed by atoms with Gasteiger partial charge in [0.1, 0.15) is 17.5 Å². The number of unbranched alkanes of at least 4 members (excludes halogenated alkanes) is 4. The minimum Gasteiger partial charge on any atom is -0.481 e. The number of aromatic nitrogens is 2. The van der Waals surface area contributed by atoms with Crippen LogP contribution in [0.15, 0.2) is 17.1 Å². The van der Waals surface area contributed by atoms with Crippen molar-refractivity contribution < 1.29 is 19.7 Å². The summed E-state index contributed by atoms with van der Waals surface area (Å²) < 4.78 is 6.79. The van der Waals surface area contributed by atoms with Gasteiger partial charge in [0.2, 0.25) is 0 Å². The van der Waals surface area contributed by atoms with Crippen LogP contribution in [0.5, 0.6) is 0 Å². The van der Waals surface area contributed by atoms with Crippen LogP contribution < -0.4 is 11.4 Å². The van der Waals surface area contributed by atoms with Crippen LogP contribution in [0.2, 0.25) is 0 Å². The molecule has 1 aromatic heterocycles. The zero-order valence-electron chi connectivity index (χ0n) is 14.5. The first-order chi connectivity index (χ1) is 12.0. The van der Waals surface area contributed by atoms with E-state index in [1.165, 1.54) is 35.6 Å². The Balaban J connectivity index is 0.000000275.